The van der Waals surface area contributed by atoms with Crippen LogP contribution < -0.4 is 16.2 Å². The SMILES string of the molecule is CNNc1cccc(-c2cnc3cc(C(=O)N[C@H]4CCC[C@H](C(=O)OC)C4)ccn23)c1. The highest BCUT2D eigenvalue weighted by atomic mass is 16.5. The molecule has 0 unspecified atom stereocenters. The number of ether oxygens (including phenoxy) is 1. The summed E-state index contributed by atoms with van der Waals surface area (Å²) in [6.45, 7) is 0. The van der Waals surface area contributed by atoms with Crippen LogP contribution in [-0.2, 0) is 9.53 Å². The van der Waals surface area contributed by atoms with Crippen molar-refractivity contribution in [3.05, 3.63) is 54.4 Å². The molecule has 31 heavy (non-hydrogen) atoms. The van der Waals surface area contributed by atoms with Crippen molar-refractivity contribution in [1.29, 1.82) is 0 Å². The third-order valence-electron chi connectivity index (χ3n) is 5.75. The summed E-state index contributed by atoms with van der Waals surface area (Å²) in [7, 11) is 3.22. The van der Waals surface area contributed by atoms with E-state index in [0.717, 1.165) is 36.2 Å². The second-order valence-corrected chi connectivity index (χ2v) is 7.80. The van der Waals surface area contributed by atoms with Crippen LogP contribution in [0, 0.1) is 5.92 Å². The van der Waals surface area contributed by atoms with Gasteiger partial charge in [-0.1, -0.05) is 18.6 Å². The van der Waals surface area contributed by atoms with E-state index < -0.39 is 0 Å². The lowest BCUT2D eigenvalue weighted by molar-refractivity contribution is -0.146. The van der Waals surface area contributed by atoms with Crippen LogP contribution in [0.25, 0.3) is 16.9 Å². The van der Waals surface area contributed by atoms with Crippen LogP contribution in [0.2, 0.25) is 0 Å². The fraction of sp³-hybridized carbons (Fsp3) is 0.348. The van der Waals surface area contributed by atoms with Gasteiger partial charge in [0.25, 0.3) is 5.91 Å². The van der Waals surface area contributed by atoms with Crippen molar-refractivity contribution in [1.82, 2.24) is 20.1 Å². The fourth-order valence-corrected chi connectivity index (χ4v) is 4.21. The lowest BCUT2D eigenvalue weighted by Gasteiger charge is -2.28. The largest absolute Gasteiger partial charge is 0.469 e. The molecule has 3 aromatic rings. The highest BCUT2D eigenvalue weighted by molar-refractivity contribution is 5.95. The standard InChI is InChI=1S/C23H27N5O3/c1-24-27-19-8-3-5-15(11-19)20-14-25-21-13-16(9-10-28(20)21)22(29)26-18-7-4-6-17(12-18)23(30)31-2/h3,5,8-11,13-14,17-18,24,27H,4,6-7,12H2,1-2H3,(H,26,29)/t17-,18-/m0/s1. The summed E-state index contributed by atoms with van der Waals surface area (Å²) < 4.78 is 6.83. The molecule has 0 radical (unpaired) electrons. The van der Waals surface area contributed by atoms with Gasteiger partial charge in [-0.05, 0) is 43.5 Å². The summed E-state index contributed by atoms with van der Waals surface area (Å²) >= 11 is 0. The molecule has 2 aromatic heterocycles. The smallest absolute Gasteiger partial charge is 0.308 e. The quantitative estimate of drug-likeness (QED) is 0.418. The van der Waals surface area contributed by atoms with E-state index in [1.807, 2.05) is 41.9 Å². The molecule has 0 saturated heterocycles. The summed E-state index contributed by atoms with van der Waals surface area (Å²) in [6, 6.07) is 11.6. The molecular formula is C23H27N5O3. The van der Waals surface area contributed by atoms with Gasteiger partial charge in [-0.15, -0.1) is 0 Å². The Morgan fingerprint density at radius 2 is 2.06 bits per heavy atom. The molecule has 162 valence electrons. The molecule has 1 aliphatic rings. The summed E-state index contributed by atoms with van der Waals surface area (Å²) in [5.41, 5.74) is 10.1. The molecule has 1 aromatic carbocycles. The number of carbonyl (C=O) groups excluding carboxylic acids is 2. The van der Waals surface area contributed by atoms with Gasteiger partial charge >= 0.3 is 5.97 Å². The Hall–Kier alpha value is -3.39. The van der Waals surface area contributed by atoms with Gasteiger partial charge < -0.3 is 15.5 Å². The zero-order valence-corrected chi connectivity index (χ0v) is 17.7. The maximum Gasteiger partial charge on any atom is 0.308 e. The number of carbonyl (C=O) groups is 2. The summed E-state index contributed by atoms with van der Waals surface area (Å²) in [5, 5.41) is 3.07. The van der Waals surface area contributed by atoms with Crippen LogP contribution in [0.3, 0.4) is 0 Å². The zero-order chi connectivity index (χ0) is 21.8. The second-order valence-electron chi connectivity index (χ2n) is 7.80. The average molecular weight is 422 g/mol. The van der Waals surface area contributed by atoms with Crippen LogP contribution in [-0.4, -0.2) is 41.5 Å². The number of aromatic nitrogens is 2. The highest BCUT2D eigenvalue weighted by Gasteiger charge is 2.29. The number of benzene rings is 1. The third kappa shape index (κ3) is 4.54. The van der Waals surface area contributed by atoms with Gasteiger partial charge in [0.15, 0.2) is 0 Å². The fourth-order valence-electron chi connectivity index (χ4n) is 4.21. The molecule has 0 bridgehead atoms. The average Bonchev–Trinajstić information content (AvgIpc) is 3.22. The van der Waals surface area contributed by atoms with E-state index in [1.165, 1.54) is 7.11 Å². The van der Waals surface area contributed by atoms with E-state index in [9.17, 15) is 9.59 Å². The number of hydrogen-bond donors (Lipinski definition) is 3. The first kappa shape index (κ1) is 20.9. The van der Waals surface area contributed by atoms with Gasteiger partial charge in [-0.25, -0.2) is 10.4 Å². The first-order valence-electron chi connectivity index (χ1n) is 10.5. The van der Waals surface area contributed by atoms with Gasteiger partial charge in [0.2, 0.25) is 0 Å². The predicted octanol–water partition coefficient (Wildman–Crippen LogP) is 3.01. The molecule has 1 aliphatic carbocycles. The highest BCUT2D eigenvalue weighted by Crippen LogP contribution is 2.26. The molecule has 3 N–H and O–H groups in total. The molecule has 0 spiro atoms. The number of hydrazine groups is 1. The lowest BCUT2D eigenvalue weighted by Crippen LogP contribution is -2.40. The number of esters is 1. The van der Waals surface area contributed by atoms with Crippen molar-refractivity contribution in [3.8, 4) is 11.3 Å². The molecule has 1 amide bonds. The Morgan fingerprint density at radius 3 is 2.87 bits per heavy atom. The first-order chi connectivity index (χ1) is 15.1. The van der Waals surface area contributed by atoms with Gasteiger partial charge in [-0.2, -0.15) is 0 Å². The number of pyridine rings is 1. The van der Waals surface area contributed by atoms with E-state index in [4.69, 9.17) is 4.74 Å². The van der Waals surface area contributed by atoms with Crippen molar-refractivity contribution >= 4 is 23.2 Å². The number of methoxy groups -OCH3 is 1. The van der Waals surface area contributed by atoms with Crippen molar-refractivity contribution in [2.45, 2.75) is 31.7 Å². The minimum Gasteiger partial charge on any atom is -0.469 e. The Bertz CT molecular complexity index is 1090. The lowest BCUT2D eigenvalue weighted by atomic mass is 9.85. The molecule has 1 saturated carbocycles. The molecule has 2 atom stereocenters. The number of imidazole rings is 1. The Balaban J connectivity index is 1.50. The zero-order valence-electron chi connectivity index (χ0n) is 17.7. The number of hydrogen-bond acceptors (Lipinski definition) is 6. The van der Waals surface area contributed by atoms with Crippen LogP contribution >= 0.6 is 0 Å². The van der Waals surface area contributed by atoms with Gasteiger partial charge in [-0.3, -0.25) is 14.0 Å². The normalized spacial score (nSPS) is 18.5. The molecule has 0 aliphatic heterocycles. The minimum atomic E-state index is -0.195. The molecule has 8 heteroatoms. The van der Waals surface area contributed by atoms with Crippen molar-refractivity contribution in [2.75, 3.05) is 19.6 Å². The number of fused-ring (bicyclic) bond motifs is 1. The van der Waals surface area contributed by atoms with E-state index in [-0.39, 0.29) is 23.8 Å². The number of nitrogens with one attached hydrogen (secondary N) is 3. The maximum absolute atomic E-state index is 12.8. The van der Waals surface area contributed by atoms with Crippen molar-refractivity contribution < 1.29 is 14.3 Å². The molecule has 4 rings (SSSR count). The number of amides is 1. The number of rotatable bonds is 6. The topological polar surface area (TPSA) is 96.8 Å². The Morgan fingerprint density at radius 1 is 1.19 bits per heavy atom. The van der Waals surface area contributed by atoms with Crippen LogP contribution in [0.1, 0.15) is 36.0 Å². The number of anilines is 1. The van der Waals surface area contributed by atoms with E-state index in [2.05, 4.69) is 21.2 Å². The second kappa shape index (κ2) is 9.18. The Kier molecular flexibility index (Phi) is 6.18. The van der Waals surface area contributed by atoms with E-state index >= 15 is 0 Å². The maximum atomic E-state index is 12.8. The summed E-state index contributed by atoms with van der Waals surface area (Å²) in [4.78, 5) is 29.1. The van der Waals surface area contributed by atoms with E-state index in [0.29, 0.717) is 17.6 Å². The van der Waals surface area contributed by atoms with Gasteiger partial charge in [0, 0.05) is 36.1 Å². The van der Waals surface area contributed by atoms with Crippen LogP contribution in [0.4, 0.5) is 5.69 Å². The monoisotopic (exact) mass is 421 g/mol. The Labute approximate surface area is 181 Å². The molecule has 1 fully saturated rings. The molecule has 8 nitrogen and oxygen atoms in total. The van der Waals surface area contributed by atoms with Gasteiger partial charge in [0.1, 0.15) is 5.65 Å². The van der Waals surface area contributed by atoms with Gasteiger partial charge in [0.05, 0.1) is 24.9 Å². The van der Waals surface area contributed by atoms with Crippen molar-refractivity contribution in [2.24, 2.45) is 5.92 Å². The predicted molar refractivity (Wildman–Crippen MR) is 119 cm³/mol. The van der Waals surface area contributed by atoms with E-state index in [1.54, 1.807) is 18.3 Å². The molecule has 2 heterocycles. The first-order valence-corrected chi connectivity index (χ1v) is 10.5. The minimum absolute atomic E-state index is 0.0284. The third-order valence-corrected chi connectivity index (χ3v) is 5.75. The summed E-state index contributed by atoms with van der Waals surface area (Å²) in [5.74, 6) is -0.489. The molecular weight excluding hydrogens is 394 g/mol. The summed E-state index contributed by atoms with van der Waals surface area (Å²) in [6.07, 6.45) is 6.86. The number of nitrogens with zero attached hydrogens (tertiary/aromatic N) is 2. The van der Waals surface area contributed by atoms with Crippen LogP contribution in [0.5, 0.6) is 0 Å². The van der Waals surface area contributed by atoms with Crippen LogP contribution in [0.15, 0.2) is 48.8 Å². The van der Waals surface area contributed by atoms with Crippen molar-refractivity contribution in [3.63, 3.8) is 0 Å².